The van der Waals surface area contributed by atoms with Gasteiger partial charge >= 0.3 is 0 Å². The molecular formula is C16H30N2O2. The van der Waals surface area contributed by atoms with Gasteiger partial charge in [-0.1, -0.05) is 12.8 Å². The number of carbonyl (C=O) groups is 2. The van der Waals surface area contributed by atoms with Gasteiger partial charge in [0.05, 0.1) is 6.04 Å². The Balaban J connectivity index is 0.000000200. The van der Waals surface area contributed by atoms with Gasteiger partial charge in [-0.2, -0.15) is 0 Å². The van der Waals surface area contributed by atoms with E-state index in [9.17, 15) is 9.59 Å². The van der Waals surface area contributed by atoms with Crippen LogP contribution in [0.15, 0.2) is 0 Å². The van der Waals surface area contributed by atoms with E-state index in [1.165, 1.54) is 25.7 Å². The maximum atomic E-state index is 11.0. The number of ketones is 2. The first-order valence-corrected chi connectivity index (χ1v) is 7.85. The van der Waals surface area contributed by atoms with Crippen molar-refractivity contribution in [3.05, 3.63) is 0 Å². The second kappa shape index (κ2) is 8.53. The Bertz CT molecular complexity index is 318. The number of likely N-dealkylation sites (tertiary alicyclic amines) is 1. The lowest BCUT2D eigenvalue weighted by Crippen LogP contribution is -2.40. The number of piperidine rings is 1. The highest BCUT2D eigenvalue weighted by Crippen LogP contribution is 2.25. The molecule has 0 bridgehead atoms. The van der Waals surface area contributed by atoms with Gasteiger partial charge in [-0.15, -0.1) is 0 Å². The van der Waals surface area contributed by atoms with E-state index in [0.717, 1.165) is 19.4 Å². The first-order chi connectivity index (χ1) is 9.47. The topological polar surface area (TPSA) is 49.4 Å². The summed E-state index contributed by atoms with van der Waals surface area (Å²) < 4.78 is 0. The molecule has 1 heterocycles. The minimum Gasteiger partial charge on any atom is -0.316 e. The van der Waals surface area contributed by atoms with Gasteiger partial charge in [0.25, 0.3) is 0 Å². The molecule has 1 aliphatic heterocycles. The molecule has 4 heteroatoms. The molecule has 1 N–H and O–H groups in total. The Labute approximate surface area is 123 Å². The Morgan fingerprint density at radius 2 is 1.70 bits per heavy atom. The smallest absolute Gasteiger partial charge is 0.146 e. The van der Waals surface area contributed by atoms with Gasteiger partial charge in [0.15, 0.2) is 0 Å². The number of Topliss-reactive ketones (excluding diaryl/α,β-unsaturated/α-hetero) is 2. The van der Waals surface area contributed by atoms with Crippen LogP contribution in [0.1, 0.15) is 52.4 Å². The van der Waals surface area contributed by atoms with Crippen LogP contribution in [0.25, 0.3) is 0 Å². The summed E-state index contributed by atoms with van der Waals surface area (Å²) in [6, 6.07) is 0.672. The van der Waals surface area contributed by atoms with Crippen LogP contribution in [0.2, 0.25) is 0 Å². The van der Waals surface area contributed by atoms with Crippen molar-refractivity contribution >= 4 is 11.6 Å². The lowest BCUT2D eigenvalue weighted by molar-refractivity contribution is -0.123. The first kappa shape index (κ1) is 17.3. The third kappa shape index (κ3) is 4.98. The van der Waals surface area contributed by atoms with Crippen molar-refractivity contribution in [1.29, 1.82) is 0 Å². The minimum atomic E-state index is 0.216. The third-order valence-corrected chi connectivity index (χ3v) is 4.65. The summed E-state index contributed by atoms with van der Waals surface area (Å²) in [5.41, 5.74) is 0. The lowest BCUT2D eigenvalue weighted by atomic mass is 10.00. The highest BCUT2D eigenvalue weighted by Gasteiger charge is 2.28. The molecule has 3 atom stereocenters. The number of nitrogens with one attached hydrogen (secondary N) is 1. The summed E-state index contributed by atoms with van der Waals surface area (Å²) in [5, 5.41) is 3.17. The van der Waals surface area contributed by atoms with E-state index in [-0.39, 0.29) is 6.04 Å². The lowest BCUT2D eigenvalue weighted by Gasteiger charge is -2.30. The van der Waals surface area contributed by atoms with Crippen LogP contribution in [0.3, 0.4) is 0 Å². The monoisotopic (exact) mass is 282 g/mol. The van der Waals surface area contributed by atoms with Crippen LogP contribution in [0.5, 0.6) is 0 Å². The number of carbonyl (C=O) groups excluding carboxylic acids is 2. The largest absolute Gasteiger partial charge is 0.316 e. The molecule has 1 saturated carbocycles. The van der Waals surface area contributed by atoms with Gasteiger partial charge in [-0.3, -0.25) is 14.5 Å². The predicted octanol–water partition coefficient (Wildman–Crippen LogP) is 2.02. The minimum absolute atomic E-state index is 0.216. The highest BCUT2D eigenvalue weighted by atomic mass is 16.1. The SMILES string of the molecule is CC(=O)C1CCCCN1C.CNC1CCCC1C(C)=O. The zero-order valence-electron chi connectivity index (χ0n) is 13.4. The Morgan fingerprint density at radius 1 is 1.00 bits per heavy atom. The normalized spacial score (nSPS) is 30.5. The summed E-state index contributed by atoms with van der Waals surface area (Å²) in [6.07, 6.45) is 6.98. The Kier molecular flexibility index (Phi) is 7.38. The quantitative estimate of drug-likeness (QED) is 0.860. The molecule has 2 fully saturated rings. The van der Waals surface area contributed by atoms with Crippen LogP contribution in [0, 0.1) is 5.92 Å². The third-order valence-electron chi connectivity index (χ3n) is 4.65. The average Bonchev–Trinajstić information content (AvgIpc) is 2.88. The molecule has 0 aromatic rings. The molecule has 0 radical (unpaired) electrons. The number of rotatable bonds is 3. The Hall–Kier alpha value is -0.740. The molecule has 3 unspecified atom stereocenters. The predicted molar refractivity (Wildman–Crippen MR) is 81.8 cm³/mol. The summed E-state index contributed by atoms with van der Waals surface area (Å²) >= 11 is 0. The van der Waals surface area contributed by atoms with Crippen LogP contribution in [0.4, 0.5) is 0 Å². The fourth-order valence-corrected chi connectivity index (χ4v) is 3.38. The van der Waals surface area contributed by atoms with Gasteiger partial charge in [0.1, 0.15) is 11.6 Å². The van der Waals surface area contributed by atoms with E-state index in [4.69, 9.17) is 0 Å². The number of hydrogen-bond donors (Lipinski definition) is 1. The molecule has 2 aliphatic rings. The average molecular weight is 282 g/mol. The van der Waals surface area contributed by atoms with Crippen molar-refractivity contribution in [2.45, 2.75) is 64.5 Å². The van der Waals surface area contributed by atoms with Crippen molar-refractivity contribution in [2.75, 3.05) is 20.6 Å². The van der Waals surface area contributed by atoms with Gasteiger partial charge in [-0.05, 0) is 60.2 Å². The highest BCUT2D eigenvalue weighted by molar-refractivity contribution is 5.81. The molecule has 0 amide bonds. The molecule has 0 aromatic carbocycles. The zero-order valence-corrected chi connectivity index (χ0v) is 13.4. The molecule has 4 nitrogen and oxygen atoms in total. The Morgan fingerprint density at radius 3 is 2.10 bits per heavy atom. The van der Waals surface area contributed by atoms with Crippen LogP contribution < -0.4 is 5.32 Å². The molecule has 20 heavy (non-hydrogen) atoms. The second-order valence-corrected chi connectivity index (χ2v) is 6.15. The molecule has 0 spiro atoms. The molecule has 116 valence electrons. The summed E-state index contributed by atoms with van der Waals surface area (Å²) in [7, 11) is 3.97. The summed E-state index contributed by atoms with van der Waals surface area (Å²) in [6.45, 7) is 4.47. The first-order valence-electron chi connectivity index (χ1n) is 7.85. The summed E-state index contributed by atoms with van der Waals surface area (Å²) in [5.74, 6) is 0.962. The molecule has 0 aromatic heterocycles. The van der Waals surface area contributed by atoms with Gasteiger partial charge < -0.3 is 5.32 Å². The number of nitrogens with zero attached hydrogens (tertiary/aromatic N) is 1. The maximum Gasteiger partial charge on any atom is 0.146 e. The standard InChI is InChI=1S/2C8H15NO/c1-7(10)8-5-3-4-6-9(8)2;1-6(10)7-4-3-5-8(7)9-2/h8H,3-6H2,1-2H3;7-9H,3-5H2,1-2H3. The van der Waals surface area contributed by atoms with Crippen LogP contribution >= 0.6 is 0 Å². The van der Waals surface area contributed by atoms with Gasteiger partial charge in [-0.25, -0.2) is 0 Å². The number of hydrogen-bond acceptors (Lipinski definition) is 4. The molecular weight excluding hydrogens is 252 g/mol. The second-order valence-electron chi connectivity index (χ2n) is 6.15. The van der Waals surface area contributed by atoms with Gasteiger partial charge in [0.2, 0.25) is 0 Å². The van der Waals surface area contributed by atoms with Crippen LogP contribution in [-0.4, -0.2) is 49.2 Å². The fourth-order valence-electron chi connectivity index (χ4n) is 3.38. The van der Waals surface area contributed by atoms with E-state index >= 15 is 0 Å². The van der Waals surface area contributed by atoms with Crippen molar-refractivity contribution in [2.24, 2.45) is 5.92 Å². The van der Waals surface area contributed by atoms with Crippen molar-refractivity contribution in [3.63, 3.8) is 0 Å². The van der Waals surface area contributed by atoms with E-state index in [2.05, 4.69) is 10.2 Å². The van der Waals surface area contributed by atoms with Crippen molar-refractivity contribution in [3.8, 4) is 0 Å². The summed E-state index contributed by atoms with van der Waals surface area (Å²) in [4.78, 5) is 24.1. The van der Waals surface area contributed by atoms with E-state index in [0.29, 0.717) is 23.5 Å². The number of likely N-dealkylation sites (N-methyl/N-ethyl adjacent to an activating group) is 1. The molecule has 1 aliphatic carbocycles. The zero-order chi connectivity index (χ0) is 15.1. The fraction of sp³-hybridized carbons (Fsp3) is 0.875. The van der Waals surface area contributed by atoms with Crippen molar-refractivity contribution in [1.82, 2.24) is 10.2 Å². The van der Waals surface area contributed by atoms with E-state index < -0.39 is 0 Å². The van der Waals surface area contributed by atoms with Gasteiger partial charge in [0, 0.05) is 12.0 Å². The van der Waals surface area contributed by atoms with E-state index in [1.54, 1.807) is 13.8 Å². The molecule has 2 rings (SSSR count). The van der Waals surface area contributed by atoms with Crippen LogP contribution in [-0.2, 0) is 9.59 Å². The molecule has 1 saturated heterocycles. The van der Waals surface area contributed by atoms with E-state index in [1.807, 2.05) is 14.1 Å². The maximum absolute atomic E-state index is 11.0. The van der Waals surface area contributed by atoms with Crippen molar-refractivity contribution < 1.29 is 9.59 Å².